The van der Waals surface area contributed by atoms with Gasteiger partial charge in [0.25, 0.3) is 5.91 Å². The lowest BCUT2D eigenvalue weighted by atomic mass is 10.1. The van der Waals surface area contributed by atoms with Crippen molar-refractivity contribution in [3.05, 3.63) is 56.3 Å². The number of fused-ring (bicyclic) bond motifs is 1. The smallest absolute Gasteiger partial charge is 0.262 e. The average Bonchev–Trinajstić information content (AvgIpc) is 3.15. The van der Waals surface area contributed by atoms with Gasteiger partial charge in [-0.15, -0.1) is 11.3 Å². The summed E-state index contributed by atoms with van der Waals surface area (Å²) >= 11 is 9.14. The fourth-order valence-corrected chi connectivity index (χ4v) is 4.68. The standard InChI is InChI=1S/C17H16ClFN2OS2/c1-21(2)13(10-5-6-23-9-10)8-20-17(22)16-15(18)12-4-3-11(19)7-14(12)24-16/h3-7,9,13H,8H2,1-2H3,(H,20,22). The Hall–Kier alpha value is -1.47. The molecule has 0 aliphatic carbocycles. The van der Waals surface area contributed by atoms with Crippen LogP contribution in [0.15, 0.2) is 35.0 Å². The molecule has 0 saturated heterocycles. The van der Waals surface area contributed by atoms with Gasteiger partial charge in [-0.25, -0.2) is 4.39 Å². The van der Waals surface area contributed by atoms with E-state index in [2.05, 4.69) is 21.7 Å². The van der Waals surface area contributed by atoms with Crippen LogP contribution in [0.4, 0.5) is 4.39 Å². The second kappa shape index (κ2) is 7.19. The van der Waals surface area contributed by atoms with E-state index in [-0.39, 0.29) is 17.8 Å². The zero-order chi connectivity index (χ0) is 17.3. The molecule has 2 heterocycles. The van der Waals surface area contributed by atoms with E-state index in [0.29, 0.717) is 26.5 Å². The number of benzene rings is 1. The maximum atomic E-state index is 13.3. The molecule has 1 N–H and O–H groups in total. The number of hydrogen-bond acceptors (Lipinski definition) is 4. The summed E-state index contributed by atoms with van der Waals surface area (Å²) in [7, 11) is 3.95. The molecule has 0 saturated carbocycles. The predicted octanol–water partition coefficient (Wildman–Crippen LogP) is 4.79. The highest BCUT2D eigenvalue weighted by Gasteiger charge is 2.20. The molecular formula is C17H16ClFN2OS2. The maximum Gasteiger partial charge on any atom is 0.262 e. The Morgan fingerprint density at radius 1 is 1.38 bits per heavy atom. The van der Waals surface area contributed by atoms with E-state index < -0.39 is 0 Å². The maximum absolute atomic E-state index is 13.3. The van der Waals surface area contributed by atoms with Crippen molar-refractivity contribution in [2.75, 3.05) is 20.6 Å². The van der Waals surface area contributed by atoms with Gasteiger partial charge in [0.05, 0.1) is 11.1 Å². The van der Waals surface area contributed by atoms with Gasteiger partial charge in [0, 0.05) is 16.6 Å². The highest BCUT2D eigenvalue weighted by atomic mass is 35.5. The van der Waals surface area contributed by atoms with Crippen LogP contribution in [-0.4, -0.2) is 31.4 Å². The van der Waals surface area contributed by atoms with Crippen LogP contribution in [-0.2, 0) is 0 Å². The normalized spacial score (nSPS) is 12.7. The molecule has 2 aromatic heterocycles. The monoisotopic (exact) mass is 382 g/mol. The van der Waals surface area contributed by atoms with Gasteiger partial charge >= 0.3 is 0 Å². The minimum Gasteiger partial charge on any atom is -0.349 e. The molecule has 1 unspecified atom stereocenters. The van der Waals surface area contributed by atoms with Crippen molar-refractivity contribution in [1.82, 2.24) is 10.2 Å². The summed E-state index contributed by atoms with van der Waals surface area (Å²) in [6.45, 7) is 0.474. The fourth-order valence-electron chi connectivity index (χ4n) is 2.52. The number of nitrogens with zero attached hydrogens (tertiary/aromatic N) is 1. The second-order valence-electron chi connectivity index (χ2n) is 5.63. The molecule has 0 aliphatic heterocycles. The Morgan fingerprint density at radius 2 is 2.17 bits per heavy atom. The zero-order valence-corrected chi connectivity index (χ0v) is 15.6. The van der Waals surface area contributed by atoms with Crippen LogP contribution >= 0.6 is 34.3 Å². The van der Waals surface area contributed by atoms with E-state index in [1.165, 1.54) is 23.5 Å². The topological polar surface area (TPSA) is 32.3 Å². The van der Waals surface area contributed by atoms with Gasteiger partial charge in [-0.1, -0.05) is 11.6 Å². The first-order valence-corrected chi connectivity index (χ1v) is 9.45. The molecular weight excluding hydrogens is 367 g/mol. The highest BCUT2D eigenvalue weighted by Crippen LogP contribution is 2.35. The van der Waals surface area contributed by atoms with Crippen molar-refractivity contribution in [1.29, 1.82) is 0 Å². The average molecular weight is 383 g/mol. The second-order valence-corrected chi connectivity index (χ2v) is 7.84. The largest absolute Gasteiger partial charge is 0.349 e. The Labute approximate surface area is 152 Å². The number of amides is 1. The Morgan fingerprint density at radius 3 is 2.83 bits per heavy atom. The van der Waals surface area contributed by atoms with Crippen LogP contribution in [0.2, 0.25) is 5.02 Å². The Bertz CT molecular complexity index is 861. The summed E-state index contributed by atoms with van der Waals surface area (Å²) in [5.41, 5.74) is 1.16. The van der Waals surface area contributed by atoms with E-state index in [4.69, 9.17) is 11.6 Å². The molecule has 0 bridgehead atoms. The molecule has 1 aromatic carbocycles. The summed E-state index contributed by atoms with van der Waals surface area (Å²) < 4.78 is 14.0. The van der Waals surface area contributed by atoms with Crippen molar-refractivity contribution >= 4 is 50.3 Å². The number of rotatable bonds is 5. The number of thiophene rings is 2. The number of carbonyl (C=O) groups excluding carboxylic acids is 1. The summed E-state index contributed by atoms with van der Waals surface area (Å²) in [5, 5.41) is 8.12. The molecule has 0 aliphatic rings. The first-order chi connectivity index (χ1) is 11.5. The van der Waals surface area contributed by atoms with Gasteiger partial charge in [0.15, 0.2) is 0 Å². The van der Waals surface area contributed by atoms with E-state index in [1.54, 1.807) is 17.4 Å². The molecule has 3 aromatic rings. The van der Waals surface area contributed by atoms with E-state index >= 15 is 0 Å². The molecule has 0 fully saturated rings. The number of nitrogens with one attached hydrogen (secondary N) is 1. The minimum atomic E-state index is -0.336. The molecule has 1 amide bonds. The van der Waals surface area contributed by atoms with E-state index in [0.717, 1.165) is 5.56 Å². The molecule has 7 heteroatoms. The van der Waals surface area contributed by atoms with Crippen molar-refractivity contribution in [3.63, 3.8) is 0 Å². The Balaban J connectivity index is 1.78. The van der Waals surface area contributed by atoms with Crippen LogP contribution in [0.25, 0.3) is 10.1 Å². The fraction of sp³-hybridized carbons (Fsp3) is 0.235. The lowest BCUT2D eigenvalue weighted by Gasteiger charge is -2.23. The van der Waals surface area contributed by atoms with Gasteiger partial charge in [-0.05, 0) is 54.7 Å². The first kappa shape index (κ1) is 17.4. The molecule has 3 rings (SSSR count). The molecule has 0 radical (unpaired) electrons. The number of likely N-dealkylation sites (N-methyl/N-ethyl adjacent to an activating group) is 1. The number of halogens is 2. The molecule has 126 valence electrons. The number of carbonyl (C=O) groups is 1. The summed E-state index contributed by atoms with van der Waals surface area (Å²) in [4.78, 5) is 15.0. The summed E-state index contributed by atoms with van der Waals surface area (Å²) in [6, 6.07) is 6.49. The van der Waals surface area contributed by atoms with Gasteiger partial charge < -0.3 is 10.2 Å². The first-order valence-electron chi connectivity index (χ1n) is 7.31. The molecule has 3 nitrogen and oxygen atoms in total. The highest BCUT2D eigenvalue weighted by molar-refractivity contribution is 7.21. The molecule has 1 atom stereocenters. The third-order valence-electron chi connectivity index (χ3n) is 3.81. The lowest BCUT2D eigenvalue weighted by molar-refractivity contribution is 0.0946. The summed E-state index contributed by atoms with van der Waals surface area (Å²) in [5.74, 6) is -0.568. The van der Waals surface area contributed by atoms with Gasteiger partial charge in [0.1, 0.15) is 10.7 Å². The lowest BCUT2D eigenvalue weighted by Crippen LogP contribution is -2.34. The number of hydrogen-bond donors (Lipinski definition) is 1. The SMILES string of the molecule is CN(C)C(CNC(=O)c1sc2cc(F)ccc2c1Cl)c1ccsc1. The quantitative estimate of drug-likeness (QED) is 0.688. The minimum absolute atomic E-state index is 0.0887. The van der Waals surface area contributed by atoms with Gasteiger partial charge in [-0.2, -0.15) is 11.3 Å². The molecule has 0 spiro atoms. The zero-order valence-electron chi connectivity index (χ0n) is 13.2. The van der Waals surface area contributed by atoms with Crippen LogP contribution in [0, 0.1) is 5.82 Å². The van der Waals surface area contributed by atoms with Crippen LogP contribution in [0.5, 0.6) is 0 Å². The van der Waals surface area contributed by atoms with E-state index in [9.17, 15) is 9.18 Å². The third kappa shape index (κ3) is 3.47. The van der Waals surface area contributed by atoms with Crippen molar-refractivity contribution in [2.24, 2.45) is 0 Å². The van der Waals surface area contributed by atoms with Crippen LogP contribution in [0.3, 0.4) is 0 Å². The summed E-state index contributed by atoms with van der Waals surface area (Å²) in [6.07, 6.45) is 0. The molecule has 24 heavy (non-hydrogen) atoms. The van der Waals surface area contributed by atoms with Gasteiger partial charge in [0.2, 0.25) is 0 Å². The van der Waals surface area contributed by atoms with Crippen LogP contribution < -0.4 is 5.32 Å². The van der Waals surface area contributed by atoms with Gasteiger partial charge in [-0.3, -0.25) is 4.79 Å². The van der Waals surface area contributed by atoms with Crippen molar-refractivity contribution in [2.45, 2.75) is 6.04 Å². The predicted molar refractivity (Wildman–Crippen MR) is 99.9 cm³/mol. The third-order valence-corrected chi connectivity index (χ3v) is 6.16. The van der Waals surface area contributed by atoms with E-state index in [1.807, 2.05) is 19.5 Å². The van der Waals surface area contributed by atoms with Crippen molar-refractivity contribution < 1.29 is 9.18 Å². The van der Waals surface area contributed by atoms with Crippen LogP contribution in [0.1, 0.15) is 21.3 Å². The Kier molecular flexibility index (Phi) is 5.20. The van der Waals surface area contributed by atoms with Crippen molar-refractivity contribution in [3.8, 4) is 0 Å².